The molecule has 0 unspecified atom stereocenters. The quantitative estimate of drug-likeness (QED) is 0.646. The number of hydrogen-bond donors (Lipinski definition) is 1. The summed E-state index contributed by atoms with van der Waals surface area (Å²) in [6.45, 7) is 4.43. The van der Waals surface area contributed by atoms with Crippen LogP contribution in [0.1, 0.15) is 67.7 Å². The van der Waals surface area contributed by atoms with Crippen LogP contribution in [0.2, 0.25) is 0 Å². The Morgan fingerprint density at radius 3 is 2.12 bits per heavy atom. The van der Waals surface area contributed by atoms with Gasteiger partial charge in [-0.15, -0.1) is 10.2 Å². The maximum absolute atomic E-state index is 12.7. The van der Waals surface area contributed by atoms with Gasteiger partial charge in [-0.25, -0.2) is 8.42 Å². The van der Waals surface area contributed by atoms with Crippen LogP contribution < -0.4 is 5.32 Å². The van der Waals surface area contributed by atoms with Gasteiger partial charge in [-0.2, -0.15) is 4.31 Å². The Balaban J connectivity index is 1.29. The molecule has 32 heavy (non-hydrogen) atoms. The van der Waals surface area contributed by atoms with Crippen molar-refractivity contribution in [1.29, 1.82) is 0 Å². The number of aromatic nitrogens is 2. The number of hydrogen-bond acceptors (Lipinski definition) is 6. The molecule has 9 heteroatoms. The van der Waals surface area contributed by atoms with Gasteiger partial charge in [0.15, 0.2) is 0 Å². The zero-order valence-electron chi connectivity index (χ0n) is 18.6. The summed E-state index contributed by atoms with van der Waals surface area (Å²) in [4.78, 5) is 12.9. The zero-order chi connectivity index (χ0) is 22.5. The predicted molar refractivity (Wildman–Crippen MR) is 124 cm³/mol. The third-order valence-electron chi connectivity index (χ3n) is 7.60. The van der Waals surface area contributed by atoms with Gasteiger partial charge < -0.3 is 0 Å². The molecule has 172 valence electrons. The molecule has 0 aliphatic heterocycles. The van der Waals surface area contributed by atoms with Crippen molar-refractivity contribution in [2.45, 2.75) is 62.7 Å². The fourth-order valence-electron chi connectivity index (χ4n) is 6.52. The second kappa shape index (κ2) is 8.18. The molecule has 6 rings (SSSR count). The number of rotatable bonds is 7. The molecule has 1 heterocycles. The molecule has 2 aromatic rings. The molecule has 4 fully saturated rings. The maximum Gasteiger partial charge on any atom is 0.257 e. The average molecular weight is 475 g/mol. The lowest BCUT2D eigenvalue weighted by molar-refractivity contribution is -0.00555. The van der Waals surface area contributed by atoms with Crippen molar-refractivity contribution in [3.8, 4) is 0 Å². The van der Waals surface area contributed by atoms with E-state index >= 15 is 0 Å². The van der Waals surface area contributed by atoms with Gasteiger partial charge in [0, 0.05) is 24.1 Å². The van der Waals surface area contributed by atoms with Crippen molar-refractivity contribution in [3.05, 3.63) is 34.8 Å². The highest BCUT2D eigenvalue weighted by molar-refractivity contribution is 7.89. The molecule has 1 aromatic carbocycles. The molecule has 0 spiro atoms. The number of benzene rings is 1. The van der Waals surface area contributed by atoms with Gasteiger partial charge in [-0.3, -0.25) is 10.1 Å². The molecule has 4 aliphatic carbocycles. The van der Waals surface area contributed by atoms with Gasteiger partial charge >= 0.3 is 0 Å². The van der Waals surface area contributed by atoms with Gasteiger partial charge in [-0.05, 0) is 80.5 Å². The van der Waals surface area contributed by atoms with Crippen molar-refractivity contribution >= 4 is 32.4 Å². The second-order valence-electron chi connectivity index (χ2n) is 9.68. The van der Waals surface area contributed by atoms with E-state index in [1.165, 1.54) is 66.3 Å². The number of carbonyl (C=O) groups is 1. The van der Waals surface area contributed by atoms with E-state index in [0.29, 0.717) is 23.8 Å². The highest BCUT2D eigenvalue weighted by atomic mass is 32.2. The first-order valence-electron chi connectivity index (χ1n) is 11.6. The smallest absolute Gasteiger partial charge is 0.257 e. The van der Waals surface area contributed by atoms with Crippen molar-refractivity contribution in [2.24, 2.45) is 17.8 Å². The minimum Gasteiger partial charge on any atom is -0.296 e. The molecule has 4 bridgehead atoms. The Kier molecular flexibility index (Phi) is 5.62. The topological polar surface area (TPSA) is 92.3 Å². The fraction of sp³-hybridized carbons (Fsp3) is 0.609. The van der Waals surface area contributed by atoms with Crippen LogP contribution in [-0.4, -0.2) is 41.9 Å². The Hall–Kier alpha value is -1.84. The second-order valence-corrected chi connectivity index (χ2v) is 12.6. The summed E-state index contributed by atoms with van der Waals surface area (Å²) < 4.78 is 26.7. The predicted octanol–water partition coefficient (Wildman–Crippen LogP) is 4.29. The molecular weight excluding hydrogens is 444 g/mol. The van der Waals surface area contributed by atoms with E-state index in [1.807, 2.05) is 13.8 Å². The summed E-state index contributed by atoms with van der Waals surface area (Å²) in [7, 11) is -3.54. The standard InChI is InChI=1S/C23H30N4O3S2/c1-3-27(4-2)32(29,30)19-7-5-18(6-8-19)20(28)24-22-26-25-21(31-22)23-12-15-9-16(13-23)11-17(10-15)14-23/h5-8,15-17H,3-4,9-14H2,1-2H3,(H,24,26,28). The third-order valence-corrected chi connectivity index (χ3v) is 10.7. The van der Waals surface area contributed by atoms with Crippen LogP contribution >= 0.6 is 11.3 Å². The molecule has 0 atom stereocenters. The first-order chi connectivity index (χ1) is 15.3. The number of anilines is 1. The molecular formula is C23H30N4O3S2. The lowest BCUT2D eigenvalue weighted by Crippen LogP contribution is -2.48. The van der Waals surface area contributed by atoms with Crippen LogP contribution in [0.25, 0.3) is 0 Å². The Bertz CT molecular complexity index is 1070. The molecule has 4 saturated carbocycles. The minimum atomic E-state index is -3.54. The van der Waals surface area contributed by atoms with E-state index in [1.54, 1.807) is 12.1 Å². The first kappa shape index (κ1) is 22.0. The normalized spacial score (nSPS) is 28.9. The zero-order valence-corrected chi connectivity index (χ0v) is 20.2. The highest BCUT2D eigenvalue weighted by Crippen LogP contribution is 2.61. The van der Waals surface area contributed by atoms with E-state index in [-0.39, 0.29) is 16.2 Å². The molecule has 1 aromatic heterocycles. The van der Waals surface area contributed by atoms with Crippen LogP contribution in [0.4, 0.5) is 5.13 Å². The highest BCUT2D eigenvalue weighted by Gasteiger charge is 2.53. The summed E-state index contributed by atoms with van der Waals surface area (Å²) >= 11 is 1.50. The van der Waals surface area contributed by atoms with Crippen molar-refractivity contribution in [2.75, 3.05) is 18.4 Å². The Labute approximate surface area is 193 Å². The molecule has 1 amide bonds. The lowest BCUT2D eigenvalue weighted by atomic mass is 9.50. The summed E-state index contributed by atoms with van der Waals surface area (Å²) in [5.74, 6) is 2.18. The van der Waals surface area contributed by atoms with Gasteiger partial charge in [0.2, 0.25) is 15.2 Å². The summed E-state index contributed by atoms with van der Waals surface area (Å²) in [5, 5.41) is 13.2. The molecule has 0 saturated heterocycles. The van der Waals surface area contributed by atoms with Gasteiger partial charge in [0.25, 0.3) is 5.91 Å². The summed E-state index contributed by atoms with van der Waals surface area (Å²) in [6, 6.07) is 6.08. The van der Waals surface area contributed by atoms with Crippen molar-refractivity contribution in [1.82, 2.24) is 14.5 Å². The molecule has 0 radical (unpaired) electrons. The van der Waals surface area contributed by atoms with Crippen molar-refractivity contribution < 1.29 is 13.2 Å². The van der Waals surface area contributed by atoms with E-state index in [2.05, 4.69) is 15.5 Å². The van der Waals surface area contributed by atoms with Crippen LogP contribution in [0.15, 0.2) is 29.2 Å². The fourth-order valence-corrected chi connectivity index (χ4v) is 8.94. The number of amides is 1. The van der Waals surface area contributed by atoms with E-state index in [0.717, 1.165) is 22.8 Å². The van der Waals surface area contributed by atoms with E-state index in [4.69, 9.17) is 0 Å². The largest absolute Gasteiger partial charge is 0.296 e. The Morgan fingerprint density at radius 1 is 1.03 bits per heavy atom. The monoisotopic (exact) mass is 474 g/mol. The van der Waals surface area contributed by atoms with Crippen LogP contribution in [0.5, 0.6) is 0 Å². The van der Waals surface area contributed by atoms with Crippen LogP contribution in [0.3, 0.4) is 0 Å². The number of nitrogens with one attached hydrogen (secondary N) is 1. The Morgan fingerprint density at radius 2 is 1.59 bits per heavy atom. The SMILES string of the molecule is CCN(CC)S(=O)(=O)c1ccc(C(=O)Nc2nnc(C34CC5CC(CC(C5)C3)C4)s2)cc1. The summed E-state index contributed by atoms with van der Waals surface area (Å²) in [5.41, 5.74) is 0.561. The minimum absolute atomic E-state index is 0.163. The van der Waals surface area contributed by atoms with Crippen LogP contribution in [-0.2, 0) is 15.4 Å². The average Bonchev–Trinajstić information content (AvgIpc) is 3.23. The van der Waals surface area contributed by atoms with E-state index < -0.39 is 10.0 Å². The lowest BCUT2D eigenvalue weighted by Gasteiger charge is -2.55. The van der Waals surface area contributed by atoms with Gasteiger partial charge in [0.1, 0.15) is 5.01 Å². The molecule has 7 nitrogen and oxygen atoms in total. The summed E-state index contributed by atoms with van der Waals surface area (Å²) in [6.07, 6.45) is 7.77. The number of nitrogens with zero attached hydrogens (tertiary/aromatic N) is 3. The third kappa shape index (κ3) is 3.78. The molecule has 1 N–H and O–H groups in total. The van der Waals surface area contributed by atoms with Gasteiger partial charge in [-0.1, -0.05) is 25.2 Å². The van der Waals surface area contributed by atoms with Crippen LogP contribution in [0, 0.1) is 17.8 Å². The maximum atomic E-state index is 12.7. The molecule has 4 aliphatic rings. The van der Waals surface area contributed by atoms with Crippen molar-refractivity contribution in [3.63, 3.8) is 0 Å². The van der Waals surface area contributed by atoms with Gasteiger partial charge in [0.05, 0.1) is 4.90 Å². The number of carbonyl (C=O) groups excluding carboxylic acids is 1. The first-order valence-corrected chi connectivity index (χ1v) is 13.8. The number of sulfonamides is 1. The van der Waals surface area contributed by atoms with E-state index in [9.17, 15) is 13.2 Å².